The number of anilines is 2. The molecule has 0 radical (unpaired) electrons. The molecule has 1 atom stereocenters. The maximum Gasteiger partial charge on any atom is 0.262 e. The number of carbonyl (C=O) groups excluding carboxylic acids is 2. The van der Waals surface area contributed by atoms with Gasteiger partial charge >= 0.3 is 0 Å². The van der Waals surface area contributed by atoms with Crippen LogP contribution < -0.4 is 20.1 Å². The fourth-order valence-corrected chi connectivity index (χ4v) is 3.60. The average molecular weight is 420 g/mol. The molecule has 0 bridgehead atoms. The van der Waals surface area contributed by atoms with Gasteiger partial charge in [0.05, 0.1) is 28.9 Å². The Hall–Kier alpha value is -3.07. The number of carbonyl (C=O) groups is 2. The molecule has 9 heteroatoms. The van der Waals surface area contributed by atoms with Crippen LogP contribution in [-0.2, 0) is 14.8 Å². The van der Waals surface area contributed by atoms with E-state index in [0.29, 0.717) is 5.69 Å². The Morgan fingerprint density at radius 2 is 1.79 bits per heavy atom. The first kappa shape index (κ1) is 22.2. The van der Waals surface area contributed by atoms with Crippen molar-refractivity contribution in [3.63, 3.8) is 0 Å². The summed E-state index contributed by atoms with van der Waals surface area (Å²) in [4.78, 5) is 23.7. The van der Waals surface area contributed by atoms with E-state index in [2.05, 4.69) is 15.4 Å². The summed E-state index contributed by atoms with van der Waals surface area (Å²) < 4.78 is 33.4. The topological polar surface area (TPSA) is 114 Å². The molecule has 0 aromatic heterocycles. The normalized spacial score (nSPS) is 12.0. The van der Waals surface area contributed by atoms with Crippen molar-refractivity contribution in [1.82, 2.24) is 5.32 Å². The molecule has 0 spiro atoms. The lowest BCUT2D eigenvalue weighted by Crippen LogP contribution is -2.32. The lowest BCUT2D eigenvalue weighted by Gasteiger charge is -2.16. The molecule has 0 fully saturated rings. The monoisotopic (exact) mass is 419 g/mol. The first-order valence-electron chi connectivity index (χ1n) is 9.06. The minimum absolute atomic E-state index is 0.0438. The van der Waals surface area contributed by atoms with Gasteiger partial charge in [-0.2, -0.15) is 0 Å². The molecule has 3 N–H and O–H groups in total. The SMILES string of the molecule is CC[C@H](C)NC(=O)c1ccccc1NS(=O)(=O)c1ccc(NC(C)=O)c(OC)c1. The number of nitrogens with one attached hydrogen (secondary N) is 3. The molecule has 8 nitrogen and oxygen atoms in total. The molecule has 156 valence electrons. The zero-order chi connectivity index (χ0) is 21.6. The smallest absolute Gasteiger partial charge is 0.262 e. The van der Waals surface area contributed by atoms with Crippen molar-refractivity contribution in [2.75, 3.05) is 17.1 Å². The van der Waals surface area contributed by atoms with Crippen molar-refractivity contribution in [3.8, 4) is 5.75 Å². The summed E-state index contributed by atoms with van der Waals surface area (Å²) in [5.74, 6) is -0.472. The van der Waals surface area contributed by atoms with Crippen molar-refractivity contribution in [2.45, 2.75) is 38.1 Å². The van der Waals surface area contributed by atoms with Gasteiger partial charge in [-0.3, -0.25) is 14.3 Å². The molecule has 2 rings (SSSR count). The molecule has 0 saturated carbocycles. The number of amides is 2. The van der Waals surface area contributed by atoms with E-state index in [1.54, 1.807) is 18.2 Å². The molecule has 0 saturated heterocycles. The molecule has 29 heavy (non-hydrogen) atoms. The number of ether oxygens (including phenoxy) is 1. The van der Waals surface area contributed by atoms with Crippen LogP contribution in [0.2, 0.25) is 0 Å². The highest BCUT2D eigenvalue weighted by molar-refractivity contribution is 7.92. The second kappa shape index (κ2) is 9.42. The predicted molar refractivity (Wildman–Crippen MR) is 112 cm³/mol. The van der Waals surface area contributed by atoms with Gasteiger partial charge in [0.1, 0.15) is 5.75 Å². The van der Waals surface area contributed by atoms with Gasteiger partial charge in [-0.25, -0.2) is 8.42 Å². The van der Waals surface area contributed by atoms with Gasteiger partial charge in [0.25, 0.3) is 15.9 Å². The predicted octanol–water partition coefficient (Wildman–Crippen LogP) is 2.98. The summed E-state index contributed by atoms with van der Waals surface area (Å²) in [6.07, 6.45) is 0.750. The zero-order valence-corrected chi connectivity index (χ0v) is 17.6. The van der Waals surface area contributed by atoms with Gasteiger partial charge in [0.15, 0.2) is 0 Å². The standard InChI is InChI=1S/C20H25N3O5S/c1-5-13(2)21-20(25)16-8-6-7-9-17(16)23-29(26,27)15-10-11-18(22-14(3)24)19(12-15)28-4/h6-13,23H,5H2,1-4H3,(H,21,25)(H,22,24)/t13-/m0/s1. The summed E-state index contributed by atoms with van der Waals surface area (Å²) in [5, 5.41) is 5.39. The molecule has 2 amide bonds. The van der Waals surface area contributed by atoms with Crippen LogP contribution in [0, 0.1) is 0 Å². The highest BCUT2D eigenvalue weighted by Crippen LogP contribution is 2.29. The minimum atomic E-state index is -4.00. The Kier molecular flexibility index (Phi) is 7.22. The van der Waals surface area contributed by atoms with Crippen molar-refractivity contribution in [1.29, 1.82) is 0 Å². The molecule has 0 unspecified atom stereocenters. The first-order chi connectivity index (χ1) is 13.7. The summed E-state index contributed by atoms with van der Waals surface area (Å²) in [5.41, 5.74) is 0.740. The number of hydrogen-bond acceptors (Lipinski definition) is 5. The lowest BCUT2D eigenvalue weighted by atomic mass is 10.1. The second-order valence-electron chi connectivity index (χ2n) is 6.48. The third-order valence-corrected chi connectivity index (χ3v) is 5.56. The van der Waals surface area contributed by atoms with Gasteiger partial charge in [-0.15, -0.1) is 0 Å². The average Bonchev–Trinajstić information content (AvgIpc) is 2.67. The van der Waals surface area contributed by atoms with Gasteiger partial charge in [0.2, 0.25) is 5.91 Å². The summed E-state index contributed by atoms with van der Waals surface area (Å²) in [6, 6.07) is 10.4. The Morgan fingerprint density at radius 1 is 1.10 bits per heavy atom. The van der Waals surface area contributed by atoms with E-state index >= 15 is 0 Å². The molecule has 2 aromatic rings. The van der Waals surface area contributed by atoms with E-state index in [-0.39, 0.29) is 39.8 Å². The fraction of sp³-hybridized carbons (Fsp3) is 0.300. The molecular weight excluding hydrogens is 394 g/mol. The summed E-state index contributed by atoms with van der Waals surface area (Å²) >= 11 is 0. The van der Waals surface area contributed by atoms with Crippen LogP contribution in [-0.4, -0.2) is 33.4 Å². The van der Waals surface area contributed by atoms with Crippen LogP contribution in [0.5, 0.6) is 5.75 Å². The number of rotatable bonds is 8. The van der Waals surface area contributed by atoms with Crippen molar-refractivity contribution >= 4 is 33.2 Å². The van der Waals surface area contributed by atoms with E-state index in [0.717, 1.165) is 6.42 Å². The van der Waals surface area contributed by atoms with Gasteiger partial charge in [-0.05, 0) is 37.6 Å². The van der Waals surface area contributed by atoms with E-state index in [1.165, 1.54) is 38.3 Å². The Morgan fingerprint density at radius 3 is 2.41 bits per heavy atom. The summed E-state index contributed by atoms with van der Waals surface area (Å²) in [6.45, 7) is 5.15. The van der Waals surface area contributed by atoms with Crippen LogP contribution in [0.1, 0.15) is 37.6 Å². The maximum atomic E-state index is 12.9. The fourth-order valence-electron chi connectivity index (χ4n) is 2.51. The second-order valence-corrected chi connectivity index (χ2v) is 8.16. The van der Waals surface area contributed by atoms with E-state index in [9.17, 15) is 18.0 Å². The molecule has 0 aliphatic heterocycles. The quantitative estimate of drug-likeness (QED) is 0.609. The molecule has 0 aliphatic carbocycles. The van der Waals surface area contributed by atoms with Crippen LogP contribution in [0.3, 0.4) is 0 Å². The molecule has 0 aliphatic rings. The van der Waals surface area contributed by atoms with E-state index < -0.39 is 10.0 Å². The van der Waals surface area contributed by atoms with Gasteiger partial charge in [-0.1, -0.05) is 19.1 Å². The summed E-state index contributed by atoms with van der Waals surface area (Å²) in [7, 11) is -2.63. The maximum absolute atomic E-state index is 12.9. The van der Waals surface area contributed by atoms with Crippen molar-refractivity contribution in [3.05, 3.63) is 48.0 Å². The Bertz CT molecular complexity index is 1000. The minimum Gasteiger partial charge on any atom is -0.495 e. The third-order valence-electron chi connectivity index (χ3n) is 4.20. The van der Waals surface area contributed by atoms with Crippen LogP contribution >= 0.6 is 0 Å². The number of sulfonamides is 1. The van der Waals surface area contributed by atoms with Gasteiger partial charge in [0, 0.05) is 19.0 Å². The highest BCUT2D eigenvalue weighted by atomic mass is 32.2. The van der Waals surface area contributed by atoms with Crippen LogP contribution in [0.25, 0.3) is 0 Å². The molecule has 2 aromatic carbocycles. The third kappa shape index (κ3) is 5.71. The van der Waals surface area contributed by atoms with E-state index in [4.69, 9.17) is 4.74 Å². The van der Waals surface area contributed by atoms with Crippen molar-refractivity contribution < 1.29 is 22.7 Å². The first-order valence-corrected chi connectivity index (χ1v) is 10.5. The largest absolute Gasteiger partial charge is 0.495 e. The van der Waals surface area contributed by atoms with Crippen molar-refractivity contribution in [2.24, 2.45) is 0 Å². The van der Waals surface area contributed by atoms with Crippen LogP contribution in [0.4, 0.5) is 11.4 Å². The van der Waals surface area contributed by atoms with Gasteiger partial charge < -0.3 is 15.4 Å². The Labute approximate surface area is 170 Å². The highest BCUT2D eigenvalue weighted by Gasteiger charge is 2.21. The number of para-hydroxylation sites is 1. The number of hydrogen-bond donors (Lipinski definition) is 3. The molecular formula is C20H25N3O5S. The lowest BCUT2D eigenvalue weighted by molar-refractivity contribution is -0.114. The number of methoxy groups -OCH3 is 1. The Balaban J connectivity index is 2.35. The molecule has 0 heterocycles. The number of benzene rings is 2. The zero-order valence-electron chi connectivity index (χ0n) is 16.8. The van der Waals surface area contributed by atoms with E-state index in [1.807, 2.05) is 13.8 Å². The van der Waals surface area contributed by atoms with Crippen LogP contribution in [0.15, 0.2) is 47.4 Å².